The van der Waals surface area contributed by atoms with E-state index in [1.807, 2.05) is 21.1 Å². The zero-order chi connectivity index (χ0) is 42.8. The van der Waals surface area contributed by atoms with Gasteiger partial charge in [0, 0.05) is 19.3 Å². The molecule has 0 heterocycles. The first-order valence-corrected chi connectivity index (χ1v) is 23.0. The summed E-state index contributed by atoms with van der Waals surface area (Å²) in [5, 5.41) is 9.62. The van der Waals surface area contributed by atoms with E-state index in [1.165, 1.54) is 44.9 Å². The predicted molar refractivity (Wildman–Crippen MR) is 243 cm³/mol. The van der Waals surface area contributed by atoms with Crippen molar-refractivity contribution in [1.82, 2.24) is 0 Å². The molecule has 0 spiro atoms. The number of carboxylic acid groups (broad SMARTS) is 1. The third kappa shape index (κ3) is 38.3. The minimum atomic E-state index is -0.881. The number of aliphatic carboxylic acids is 1. The highest BCUT2D eigenvalue weighted by Crippen LogP contribution is 2.13. The Kier molecular flexibility index (Phi) is 38.3. The highest BCUT2D eigenvalue weighted by molar-refractivity contribution is 5.72. The number of rotatable bonds is 40. The zero-order valence-electron chi connectivity index (χ0n) is 37.7. The molecule has 1 N–H and O–H groups in total. The molecule has 0 saturated carbocycles. The minimum absolute atomic E-state index is 0.0497. The molecule has 0 amide bonds. The van der Waals surface area contributed by atoms with E-state index in [-0.39, 0.29) is 36.2 Å². The molecule has 2 atom stereocenters. The highest BCUT2D eigenvalue weighted by Gasteiger charge is 2.31. The van der Waals surface area contributed by atoms with Gasteiger partial charge in [-0.1, -0.05) is 145 Å². The minimum Gasteiger partial charge on any atom is -0.477 e. The van der Waals surface area contributed by atoms with Gasteiger partial charge in [-0.05, 0) is 83.5 Å². The van der Waals surface area contributed by atoms with Crippen LogP contribution in [0.25, 0.3) is 0 Å². The lowest BCUT2D eigenvalue weighted by Gasteiger charge is -2.31. The Morgan fingerprint density at radius 3 is 1.45 bits per heavy atom. The molecule has 0 aliphatic heterocycles. The number of ether oxygens (including phenoxy) is 3. The van der Waals surface area contributed by atoms with Gasteiger partial charge in [0.1, 0.15) is 6.61 Å². The van der Waals surface area contributed by atoms with Crippen molar-refractivity contribution in [2.45, 2.75) is 187 Å². The quantitative estimate of drug-likeness (QED) is 0.0285. The number of allylic oxidation sites excluding steroid dienone is 12. The molecule has 0 saturated heterocycles. The maximum absolute atomic E-state index is 12.7. The van der Waals surface area contributed by atoms with Crippen molar-refractivity contribution in [2.24, 2.45) is 0 Å². The van der Waals surface area contributed by atoms with Crippen LogP contribution >= 0.6 is 0 Å². The standard InChI is InChI=1S/C50H85NO7/c1-6-8-10-12-14-16-18-20-21-22-23-24-25-26-27-28-29-31-32-34-36-38-40-48(52)57-45-46(44-56-43-42-47(50(54)55)51(3,4)5)58-49(53)41-39-37-35-33-30-19-17-15-13-11-9-7-2/h8,10,14-17,20-21,23-24,26-27,46-47H,6-7,9,11-13,18-19,22,25,28-45H2,1-5H3/p+1/b10-8+,16-14+,17-15+,21-20+,24-23+,27-26+. The van der Waals surface area contributed by atoms with Gasteiger partial charge < -0.3 is 23.8 Å². The average molecular weight is 813 g/mol. The Morgan fingerprint density at radius 2 is 0.966 bits per heavy atom. The van der Waals surface area contributed by atoms with Crippen molar-refractivity contribution in [3.05, 3.63) is 72.9 Å². The fraction of sp³-hybridized carbons (Fsp3) is 0.700. The van der Waals surface area contributed by atoms with Gasteiger partial charge in [0.05, 0.1) is 34.4 Å². The van der Waals surface area contributed by atoms with E-state index in [0.29, 0.717) is 19.3 Å². The SMILES string of the molecule is CC/C=C/C/C=C/C/C=C/C/C=C/C/C=C/CCCCCCCCC(=O)OCC(COCCC(C(=O)O)[N+](C)(C)C)OC(=O)CCCCCCC/C=C/CCCCC. The molecule has 0 bridgehead atoms. The van der Waals surface area contributed by atoms with Gasteiger partial charge in [0.2, 0.25) is 0 Å². The Balaban J connectivity index is 4.31. The van der Waals surface area contributed by atoms with E-state index in [1.54, 1.807) is 0 Å². The van der Waals surface area contributed by atoms with Gasteiger partial charge in [-0.15, -0.1) is 0 Å². The maximum atomic E-state index is 12.7. The number of carboxylic acids is 1. The lowest BCUT2D eigenvalue weighted by Crippen LogP contribution is -2.50. The number of esters is 2. The number of hydrogen-bond acceptors (Lipinski definition) is 6. The summed E-state index contributed by atoms with van der Waals surface area (Å²) in [6, 6.07) is -0.621. The monoisotopic (exact) mass is 813 g/mol. The van der Waals surface area contributed by atoms with Crippen LogP contribution in [-0.2, 0) is 28.6 Å². The van der Waals surface area contributed by atoms with Crippen LogP contribution in [0.1, 0.15) is 174 Å². The molecule has 0 fully saturated rings. The number of unbranched alkanes of at least 4 members (excludes halogenated alkanes) is 14. The second kappa shape index (κ2) is 40.5. The second-order valence-electron chi connectivity index (χ2n) is 16.3. The molecule has 0 aromatic carbocycles. The van der Waals surface area contributed by atoms with Crippen LogP contribution in [0.2, 0.25) is 0 Å². The Labute approximate surface area is 355 Å². The molecule has 8 nitrogen and oxygen atoms in total. The lowest BCUT2D eigenvalue weighted by molar-refractivity contribution is -0.887. The van der Waals surface area contributed by atoms with Crippen LogP contribution in [0.4, 0.5) is 0 Å². The van der Waals surface area contributed by atoms with Crippen molar-refractivity contribution in [3.8, 4) is 0 Å². The fourth-order valence-electron chi connectivity index (χ4n) is 6.29. The van der Waals surface area contributed by atoms with Gasteiger partial charge in [-0.25, -0.2) is 4.79 Å². The van der Waals surface area contributed by atoms with Crippen LogP contribution in [-0.4, -0.2) is 80.6 Å². The molecule has 2 unspecified atom stereocenters. The number of hydrogen-bond donors (Lipinski definition) is 1. The number of carbonyl (C=O) groups excluding carboxylic acids is 2. The first kappa shape index (κ1) is 54.8. The summed E-state index contributed by atoms with van der Waals surface area (Å²) in [5.74, 6) is -1.50. The summed E-state index contributed by atoms with van der Waals surface area (Å²) in [6.07, 6.45) is 50.9. The molecular weight excluding hydrogens is 727 g/mol. The summed E-state index contributed by atoms with van der Waals surface area (Å²) in [7, 11) is 5.51. The summed E-state index contributed by atoms with van der Waals surface area (Å²) >= 11 is 0. The molecule has 0 radical (unpaired) electrons. The number of quaternary nitrogens is 1. The average Bonchev–Trinajstić information content (AvgIpc) is 3.18. The molecule has 332 valence electrons. The normalized spacial score (nSPS) is 13.6. The molecular formula is C50H86NO7+. The number of likely N-dealkylation sites (N-methyl/N-ethyl adjacent to an activating group) is 1. The molecule has 0 aliphatic rings. The van der Waals surface area contributed by atoms with Crippen molar-refractivity contribution >= 4 is 17.9 Å². The first-order chi connectivity index (χ1) is 28.1. The van der Waals surface area contributed by atoms with E-state index in [9.17, 15) is 19.5 Å². The molecule has 8 heteroatoms. The molecule has 0 aromatic heterocycles. The molecule has 0 aliphatic carbocycles. The summed E-state index contributed by atoms with van der Waals surface area (Å²) in [5.41, 5.74) is 0. The Hall–Kier alpha value is -3.23. The van der Waals surface area contributed by atoms with Crippen LogP contribution in [0.5, 0.6) is 0 Å². The second-order valence-corrected chi connectivity index (χ2v) is 16.3. The van der Waals surface area contributed by atoms with Gasteiger partial charge in [0.15, 0.2) is 12.1 Å². The van der Waals surface area contributed by atoms with E-state index in [0.717, 1.165) is 96.3 Å². The van der Waals surface area contributed by atoms with Gasteiger partial charge in [-0.3, -0.25) is 9.59 Å². The van der Waals surface area contributed by atoms with Crippen LogP contribution in [0, 0.1) is 0 Å². The Bertz CT molecular complexity index is 1180. The van der Waals surface area contributed by atoms with Crippen molar-refractivity contribution in [1.29, 1.82) is 0 Å². The summed E-state index contributed by atoms with van der Waals surface area (Å²) in [6.45, 7) is 4.56. The lowest BCUT2D eigenvalue weighted by atomic mass is 10.1. The van der Waals surface area contributed by atoms with Gasteiger partial charge >= 0.3 is 17.9 Å². The van der Waals surface area contributed by atoms with Gasteiger partial charge in [-0.2, -0.15) is 0 Å². The molecule has 0 rings (SSSR count). The van der Waals surface area contributed by atoms with E-state index in [4.69, 9.17) is 14.2 Å². The maximum Gasteiger partial charge on any atom is 0.362 e. The molecule has 58 heavy (non-hydrogen) atoms. The number of nitrogens with zero attached hydrogens (tertiary/aromatic N) is 1. The number of carbonyl (C=O) groups is 3. The summed E-state index contributed by atoms with van der Waals surface area (Å²) in [4.78, 5) is 37.0. The van der Waals surface area contributed by atoms with Crippen molar-refractivity contribution in [3.63, 3.8) is 0 Å². The van der Waals surface area contributed by atoms with Crippen molar-refractivity contribution < 1.29 is 38.2 Å². The third-order valence-electron chi connectivity index (χ3n) is 9.84. The smallest absolute Gasteiger partial charge is 0.362 e. The first-order valence-electron chi connectivity index (χ1n) is 23.0. The zero-order valence-corrected chi connectivity index (χ0v) is 37.7. The topological polar surface area (TPSA) is 99.1 Å². The largest absolute Gasteiger partial charge is 0.477 e. The third-order valence-corrected chi connectivity index (χ3v) is 9.84. The van der Waals surface area contributed by atoms with E-state index < -0.39 is 18.1 Å². The van der Waals surface area contributed by atoms with Crippen LogP contribution in [0.15, 0.2) is 72.9 Å². The Morgan fingerprint density at radius 1 is 0.534 bits per heavy atom. The van der Waals surface area contributed by atoms with E-state index >= 15 is 0 Å². The van der Waals surface area contributed by atoms with Crippen LogP contribution < -0.4 is 0 Å². The van der Waals surface area contributed by atoms with Crippen molar-refractivity contribution in [2.75, 3.05) is 41.0 Å². The highest BCUT2D eigenvalue weighted by atomic mass is 16.6. The van der Waals surface area contributed by atoms with E-state index in [2.05, 4.69) is 86.8 Å². The summed E-state index contributed by atoms with van der Waals surface area (Å²) < 4.78 is 17.3. The molecule has 0 aromatic rings. The van der Waals surface area contributed by atoms with Crippen LogP contribution in [0.3, 0.4) is 0 Å². The fourth-order valence-corrected chi connectivity index (χ4v) is 6.29. The van der Waals surface area contributed by atoms with Gasteiger partial charge in [0.25, 0.3) is 0 Å². The predicted octanol–water partition coefficient (Wildman–Crippen LogP) is 12.7.